The molecule has 0 heterocycles. The van der Waals surface area contributed by atoms with Crippen LogP contribution in [-0.4, -0.2) is 37.0 Å². The number of rotatable bonds is 8. The average Bonchev–Trinajstić information content (AvgIpc) is 2.49. The molecule has 0 fully saturated rings. The summed E-state index contributed by atoms with van der Waals surface area (Å²) in [5.74, 6) is 1.21. The Balaban J connectivity index is 2.42. The number of carbonyl (C=O) groups excluding carboxylic acids is 1. The largest absolute Gasteiger partial charge is 0.483 e. The standard InChI is InChI=1S/C17H28N2O2/c1-5-14-8-6-7-9-16(14)21-12-17(20)19(4)11-10-15(18)13(2)3/h6-9,13,15H,5,10-12,18H2,1-4H3. The Morgan fingerprint density at radius 1 is 1.33 bits per heavy atom. The molecular weight excluding hydrogens is 264 g/mol. The summed E-state index contributed by atoms with van der Waals surface area (Å²) in [6.07, 6.45) is 1.70. The third-order valence-electron chi connectivity index (χ3n) is 3.78. The highest BCUT2D eigenvalue weighted by atomic mass is 16.5. The topological polar surface area (TPSA) is 55.6 Å². The first-order valence-corrected chi connectivity index (χ1v) is 7.66. The van der Waals surface area contributed by atoms with Gasteiger partial charge in [0.2, 0.25) is 0 Å². The molecule has 4 heteroatoms. The van der Waals surface area contributed by atoms with Gasteiger partial charge in [-0.2, -0.15) is 0 Å². The van der Waals surface area contributed by atoms with Gasteiger partial charge in [-0.25, -0.2) is 0 Å². The number of likely N-dealkylation sites (N-methyl/N-ethyl adjacent to an activating group) is 1. The normalized spacial score (nSPS) is 12.3. The number of aryl methyl sites for hydroxylation is 1. The van der Waals surface area contributed by atoms with Gasteiger partial charge in [0.05, 0.1) is 0 Å². The van der Waals surface area contributed by atoms with E-state index in [0.29, 0.717) is 12.5 Å². The predicted molar refractivity (Wildman–Crippen MR) is 86.4 cm³/mol. The lowest BCUT2D eigenvalue weighted by atomic mass is 10.0. The Kier molecular flexibility index (Phi) is 7.23. The first-order valence-electron chi connectivity index (χ1n) is 7.66. The van der Waals surface area contributed by atoms with Crippen molar-refractivity contribution in [3.05, 3.63) is 29.8 Å². The fourth-order valence-electron chi connectivity index (χ4n) is 1.99. The number of nitrogens with two attached hydrogens (primary N) is 1. The predicted octanol–water partition coefficient (Wildman–Crippen LogP) is 2.46. The van der Waals surface area contributed by atoms with Gasteiger partial charge in [-0.05, 0) is 30.4 Å². The van der Waals surface area contributed by atoms with Gasteiger partial charge in [-0.3, -0.25) is 4.79 Å². The maximum atomic E-state index is 12.1. The molecule has 0 radical (unpaired) electrons. The van der Waals surface area contributed by atoms with Crippen LogP contribution in [0.25, 0.3) is 0 Å². The highest BCUT2D eigenvalue weighted by Gasteiger charge is 2.13. The maximum Gasteiger partial charge on any atom is 0.260 e. The molecular formula is C17H28N2O2. The monoisotopic (exact) mass is 292 g/mol. The number of amides is 1. The number of carbonyl (C=O) groups is 1. The van der Waals surface area contributed by atoms with E-state index in [-0.39, 0.29) is 18.6 Å². The third-order valence-corrected chi connectivity index (χ3v) is 3.78. The van der Waals surface area contributed by atoms with Crippen LogP contribution in [0.1, 0.15) is 32.8 Å². The SMILES string of the molecule is CCc1ccccc1OCC(=O)N(C)CCC(N)C(C)C. The molecule has 0 spiro atoms. The molecule has 1 unspecified atom stereocenters. The fraction of sp³-hybridized carbons (Fsp3) is 0.588. The van der Waals surface area contributed by atoms with Gasteiger partial charge >= 0.3 is 0 Å². The molecule has 0 aliphatic rings. The summed E-state index contributed by atoms with van der Waals surface area (Å²) >= 11 is 0. The van der Waals surface area contributed by atoms with E-state index < -0.39 is 0 Å². The third kappa shape index (κ3) is 5.76. The molecule has 0 aromatic heterocycles. The highest BCUT2D eigenvalue weighted by molar-refractivity contribution is 5.77. The van der Waals surface area contributed by atoms with E-state index in [1.54, 1.807) is 11.9 Å². The number of nitrogens with zero attached hydrogens (tertiary/aromatic N) is 1. The van der Waals surface area contributed by atoms with E-state index in [2.05, 4.69) is 20.8 Å². The lowest BCUT2D eigenvalue weighted by Gasteiger charge is -2.22. The molecule has 0 aliphatic heterocycles. The van der Waals surface area contributed by atoms with Crippen LogP contribution in [-0.2, 0) is 11.2 Å². The summed E-state index contributed by atoms with van der Waals surface area (Å²) in [6.45, 7) is 7.00. The van der Waals surface area contributed by atoms with Gasteiger partial charge in [0.15, 0.2) is 6.61 Å². The molecule has 21 heavy (non-hydrogen) atoms. The fourth-order valence-corrected chi connectivity index (χ4v) is 1.99. The van der Waals surface area contributed by atoms with Crippen molar-refractivity contribution in [2.24, 2.45) is 11.7 Å². The number of ether oxygens (including phenoxy) is 1. The second-order valence-corrected chi connectivity index (χ2v) is 5.76. The van der Waals surface area contributed by atoms with Gasteiger partial charge in [0, 0.05) is 19.6 Å². The number of para-hydroxylation sites is 1. The van der Waals surface area contributed by atoms with E-state index in [0.717, 1.165) is 24.2 Å². The Bertz CT molecular complexity index is 446. The van der Waals surface area contributed by atoms with Crippen LogP contribution >= 0.6 is 0 Å². The summed E-state index contributed by atoms with van der Waals surface area (Å²) in [4.78, 5) is 13.7. The maximum absolute atomic E-state index is 12.1. The van der Waals surface area contributed by atoms with Crippen LogP contribution in [0.4, 0.5) is 0 Å². The minimum absolute atomic E-state index is 0.0168. The molecule has 1 amide bonds. The van der Waals surface area contributed by atoms with Crippen molar-refractivity contribution in [3.8, 4) is 5.75 Å². The van der Waals surface area contributed by atoms with E-state index >= 15 is 0 Å². The van der Waals surface area contributed by atoms with Crippen LogP contribution in [0.5, 0.6) is 5.75 Å². The Hall–Kier alpha value is -1.55. The summed E-state index contributed by atoms with van der Waals surface area (Å²) in [6, 6.07) is 7.95. The molecule has 118 valence electrons. The van der Waals surface area contributed by atoms with Crippen molar-refractivity contribution in [3.63, 3.8) is 0 Å². The zero-order valence-electron chi connectivity index (χ0n) is 13.6. The zero-order valence-corrected chi connectivity index (χ0v) is 13.6. The van der Waals surface area contributed by atoms with Crippen molar-refractivity contribution in [2.75, 3.05) is 20.2 Å². The number of hydrogen-bond acceptors (Lipinski definition) is 3. The van der Waals surface area contributed by atoms with Gasteiger partial charge < -0.3 is 15.4 Å². The van der Waals surface area contributed by atoms with Gasteiger partial charge in [-0.15, -0.1) is 0 Å². The minimum atomic E-state index is -0.0168. The van der Waals surface area contributed by atoms with Gasteiger partial charge in [0.25, 0.3) is 5.91 Å². The lowest BCUT2D eigenvalue weighted by molar-refractivity contribution is -0.132. The molecule has 1 rings (SSSR count). The molecule has 2 N–H and O–H groups in total. The van der Waals surface area contributed by atoms with Crippen LogP contribution < -0.4 is 10.5 Å². The minimum Gasteiger partial charge on any atom is -0.483 e. The second kappa shape index (κ2) is 8.67. The average molecular weight is 292 g/mol. The van der Waals surface area contributed by atoms with Crippen LogP contribution in [0.2, 0.25) is 0 Å². The van der Waals surface area contributed by atoms with Crippen molar-refractivity contribution in [1.82, 2.24) is 4.90 Å². The molecule has 4 nitrogen and oxygen atoms in total. The molecule has 1 aromatic rings. The molecule has 1 aromatic carbocycles. The lowest BCUT2D eigenvalue weighted by Crippen LogP contribution is -2.36. The smallest absolute Gasteiger partial charge is 0.260 e. The zero-order chi connectivity index (χ0) is 15.8. The Labute approximate surface area is 128 Å². The van der Waals surface area contributed by atoms with Crippen molar-refractivity contribution in [2.45, 2.75) is 39.7 Å². The second-order valence-electron chi connectivity index (χ2n) is 5.76. The van der Waals surface area contributed by atoms with E-state index in [9.17, 15) is 4.79 Å². The van der Waals surface area contributed by atoms with Crippen LogP contribution in [0.3, 0.4) is 0 Å². The Morgan fingerprint density at radius 3 is 2.62 bits per heavy atom. The van der Waals surface area contributed by atoms with Crippen molar-refractivity contribution >= 4 is 5.91 Å². The first-order chi connectivity index (χ1) is 9.95. The van der Waals surface area contributed by atoms with E-state index in [1.807, 2.05) is 24.3 Å². The first kappa shape index (κ1) is 17.5. The van der Waals surface area contributed by atoms with Crippen molar-refractivity contribution in [1.29, 1.82) is 0 Å². The quantitative estimate of drug-likeness (QED) is 0.801. The summed E-state index contributed by atoms with van der Waals surface area (Å²) in [5.41, 5.74) is 7.12. The van der Waals surface area contributed by atoms with Gasteiger partial charge in [-0.1, -0.05) is 39.0 Å². The summed E-state index contributed by atoms with van der Waals surface area (Å²) in [5, 5.41) is 0. The van der Waals surface area contributed by atoms with E-state index in [4.69, 9.17) is 10.5 Å². The van der Waals surface area contributed by atoms with Gasteiger partial charge in [0.1, 0.15) is 5.75 Å². The van der Waals surface area contributed by atoms with E-state index in [1.165, 1.54) is 0 Å². The molecule has 0 bridgehead atoms. The highest BCUT2D eigenvalue weighted by Crippen LogP contribution is 2.18. The molecule has 0 saturated heterocycles. The number of hydrogen-bond donors (Lipinski definition) is 1. The molecule has 0 saturated carbocycles. The van der Waals surface area contributed by atoms with Crippen molar-refractivity contribution < 1.29 is 9.53 Å². The summed E-state index contributed by atoms with van der Waals surface area (Å²) in [7, 11) is 1.80. The molecule has 1 atom stereocenters. The number of benzene rings is 1. The summed E-state index contributed by atoms with van der Waals surface area (Å²) < 4.78 is 5.64. The Morgan fingerprint density at radius 2 is 2.00 bits per heavy atom. The molecule has 0 aliphatic carbocycles. The van der Waals surface area contributed by atoms with Crippen LogP contribution in [0.15, 0.2) is 24.3 Å². The van der Waals surface area contributed by atoms with Crippen LogP contribution in [0, 0.1) is 5.92 Å².